The summed E-state index contributed by atoms with van der Waals surface area (Å²) < 4.78 is 113. The molecule has 0 aliphatic carbocycles. The average Bonchev–Trinajstić information content (AvgIpc) is 2.32. The van der Waals surface area contributed by atoms with Crippen LogP contribution in [0.2, 0.25) is 0 Å². The van der Waals surface area contributed by atoms with E-state index in [9.17, 15) is 48.7 Å². The Labute approximate surface area is 141 Å². The fourth-order valence-electron chi connectivity index (χ4n) is 1.47. The molecule has 0 amide bonds. The summed E-state index contributed by atoms with van der Waals surface area (Å²) in [6.45, 7) is 10.5. The third-order valence-corrected chi connectivity index (χ3v) is 5.85. The number of ketones is 1. The van der Waals surface area contributed by atoms with Crippen LogP contribution < -0.4 is 0 Å². The molecule has 0 rings (SSSR count). The van der Waals surface area contributed by atoms with Crippen LogP contribution in [0.15, 0.2) is 0 Å². The first-order chi connectivity index (χ1) is 10.7. The number of halogens is 10. The standard InChI is InChI=1S/C9H19OS.C4F10/c1-7(2)11(8(3)4)6-9(5)10;5-1(6,3(9,10)11)2(7,8)4(12,13)14/h7-8H,6H2,1-5H3;/q+1;. The van der Waals surface area contributed by atoms with E-state index in [4.69, 9.17) is 0 Å². The van der Waals surface area contributed by atoms with Gasteiger partial charge in [-0.3, -0.25) is 4.79 Å². The average molecular weight is 413 g/mol. The van der Waals surface area contributed by atoms with Crippen molar-refractivity contribution in [1.29, 1.82) is 0 Å². The van der Waals surface area contributed by atoms with Gasteiger partial charge in [-0.15, -0.1) is 0 Å². The van der Waals surface area contributed by atoms with E-state index in [0.29, 0.717) is 27.2 Å². The molecule has 0 aromatic rings. The lowest BCUT2D eigenvalue weighted by Gasteiger charge is -2.29. The van der Waals surface area contributed by atoms with E-state index in [-0.39, 0.29) is 0 Å². The highest BCUT2D eigenvalue weighted by Crippen LogP contribution is 2.53. The zero-order valence-electron chi connectivity index (χ0n) is 14.0. The van der Waals surface area contributed by atoms with Crippen LogP contribution >= 0.6 is 0 Å². The first-order valence-electron chi connectivity index (χ1n) is 6.77. The molecule has 0 aromatic carbocycles. The molecule has 0 aliphatic heterocycles. The summed E-state index contributed by atoms with van der Waals surface area (Å²) in [4.78, 5) is 10.9. The van der Waals surface area contributed by atoms with Crippen LogP contribution in [0.1, 0.15) is 34.6 Å². The molecule has 0 bridgehead atoms. The van der Waals surface area contributed by atoms with Crippen LogP contribution in [0.25, 0.3) is 0 Å². The zero-order valence-corrected chi connectivity index (χ0v) is 14.8. The van der Waals surface area contributed by atoms with Crippen molar-refractivity contribution in [1.82, 2.24) is 0 Å². The molecule has 0 fully saturated rings. The van der Waals surface area contributed by atoms with Gasteiger partial charge in [-0.25, -0.2) is 0 Å². The summed E-state index contributed by atoms with van der Waals surface area (Å²) in [5.41, 5.74) is 0. The number of rotatable bonds is 5. The van der Waals surface area contributed by atoms with Crippen LogP contribution in [0.4, 0.5) is 43.9 Å². The highest BCUT2D eigenvalue weighted by molar-refractivity contribution is 7.98. The Morgan fingerprint density at radius 2 is 0.960 bits per heavy atom. The summed E-state index contributed by atoms with van der Waals surface area (Å²) in [7, 11) is 0.292. The van der Waals surface area contributed by atoms with E-state index in [0.717, 1.165) is 5.75 Å². The van der Waals surface area contributed by atoms with Crippen LogP contribution in [0.5, 0.6) is 0 Å². The Kier molecular flexibility index (Phi) is 9.35. The molecule has 0 aromatic heterocycles. The number of hydrogen-bond donors (Lipinski definition) is 0. The van der Waals surface area contributed by atoms with E-state index in [1.807, 2.05) is 0 Å². The number of alkyl halides is 10. The van der Waals surface area contributed by atoms with Gasteiger partial charge in [-0.2, -0.15) is 43.9 Å². The van der Waals surface area contributed by atoms with Crippen molar-refractivity contribution in [2.45, 2.75) is 69.3 Å². The Morgan fingerprint density at radius 1 is 0.720 bits per heavy atom. The van der Waals surface area contributed by atoms with E-state index in [1.54, 1.807) is 6.92 Å². The van der Waals surface area contributed by atoms with Crippen LogP contribution in [-0.4, -0.2) is 46.2 Å². The molecule has 0 saturated carbocycles. The lowest BCUT2D eigenvalue weighted by atomic mass is 10.1. The quantitative estimate of drug-likeness (QED) is 0.436. The van der Waals surface area contributed by atoms with E-state index in [1.165, 1.54) is 0 Å². The molecule has 25 heavy (non-hydrogen) atoms. The summed E-state index contributed by atoms with van der Waals surface area (Å²) in [6.07, 6.45) is -13.9. The summed E-state index contributed by atoms with van der Waals surface area (Å²) >= 11 is 0. The fraction of sp³-hybridized carbons (Fsp3) is 0.923. The minimum atomic E-state index is -7.14. The number of Topliss-reactive ketones (excluding diaryl/α,β-unsaturated/α-hetero) is 1. The predicted molar refractivity (Wildman–Crippen MR) is 75.2 cm³/mol. The molecular formula is C13H19F10OS+. The second-order valence-electron chi connectivity index (χ2n) is 5.56. The van der Waals surface area contributed by atoms with Gasteiger partial charge in [0.1, 0.15) is 10.5 Å². The van der Waals surface area contributed by atoms with Gasteiger partial charge >= 0.3 is 24.2 Å². The van der Waals surface area contributed by atoms with Crippen molar-refractivity contribution in [3.05, 3.63) is 0 Å². The molecule has 0 N–H and O–H groups in total. The fourth-order valence-corrected chi connectivity index (χ4v) is 3.69. The normalized spacial score (nSPS) is 14.0. The van der Waals surface area contributed by atoms with E-state index >= 15 is 0 Å². The van der Waals surface area contributed by atoms with Crippen LogP contribution in [-0.2, 0) is 15.7 Å². The smallest absolute Gasteiger partial charge is 0.295 e. The SMILES string of the molecule is CC(=O)C[S+](C(C)C)C(C)C.FC(F)(F)C(F)(F)C(F)(F)C(F)(F)F. The molecule has 1 nitrogen and oxygen atoms in total. The monoisotopic (exact) mass is 413 g/mol. The van der Waals surface area contributed by atoms with E-state index in [2.05, 4.69) is 27.7 Å². The molecule has 0 unspecified atom stereocenters. The Balaban J connectivity index is 0. The summed E-state index contributed by atoms with van der Waals surface area (Å²) in [5, 5.41) is 1.30. The van der Waals surface area contributed by atoms with Crippen molar-refractivity contribution in [3.8, 4) is 0 Å². The molecular weight excluding hydrogens is 394 g/mol. The Bertz CT molecular complexity index is 394. The summed E-state index contributed by atoms with van der Waals surface area (Å²) in [5.74, 6) is -13.2. The van der Waals surface area contributed by atoms with Gasteiger partial charge < -0.3 is 0 Å². The summed E-state index contributed by atoms with van der Waals surface area (Å²) in [6, 6.07) is 0. The van der Waals surface area contributed by atoms with Crippen LogP contribution in [0.3, 0.4) is 0 Å². The molecule has 0 atom stereocenters. The lowest BCUT2D eigenvalue weighted by Crippen LogP contribution is -2.59. The molecule has 0 aliphatic rings. The number of hydrogen-bond acceptors (Lipinski definition) is 1. The second kappa shape index (κ2) is 8.81. The van der Waals surface area contributed by atoms with Gasteiger partial charge in [0.15, 0.2) is 11.5 Å². The first kappa shape index (κ1) is 26.5. The van der Waals surface area contributed by atoms with Gasteiger partial charge in [0, 0.05) is 0 Å². The molecule has 152 valence electrons. The van der Waals surface area contributed by atoms with Gasteiger partial charge in [0.25, 0.3) is 0 Å². The molecule has 0 heterocycles. The van der Waals surface area contributed by atoms with Crippen molar-refractivity contribution < 1.29 is 48.7 Å². The lowest BCUT2D eigenvalue weighted by molar-refractivity contribution is -0.419. The minimum Gasteiger partial charge on any atom is -0.295 e. The molecule has 12 heteroatoms. The topological polar surface area (TPSA) is 17.1 Å². The predicted octanol–water partition coefficient (Wildman–Crippen LogP) is 5.39. The molecule has 0 spiro atoms. The zero-order chi connectivity index (χ0) is 21.0. The van der Waals surface area contributed by atoms with Gasteiger partial charge in [0.05, 0.1) is 0 Å². The van der Waals surface area contributed by atoms with Crippen molar-refractivity contribution in [2.24, 2.45) is 0 Å². The van der Waals surface area contributed by atoms with Gasteiger partial charge in [-0.05, 0) is 45.5 Å². The number of carbonyl (C=O) groups is 1. The van der Waals surface area contributed by atoms with Crippen LogP contribution in [0, 0.1) is 0 Å². The molecule has 0 radical (unpaired) electrons. The maximum absolute atomic E-state index is 11.6. The van der Waals surface area contributed by atoms with Crippen molar-refractivity contribution in [3.63, 3.8) is 0 Å². The van der Waals surface area contributed by atoms with Gasteiger partial charge in [0.2, 0.25) is 0 Å². The minimum absolute atomic E-state index is 0.292. The molecule has 0 saturated heterocycles. The first-order valence-corrected chi connectivity index (χ1v) is 8.29. The van der Waals surface area contributed by atoms with Crippen molar-refractivity contribution in [2.75, 3.05) is 5.75 Å². The van der Waals surface area contributed by atoms with E-state index < -0.39 is 24.2 Å². The largest absolute Gasteiger partial charge is 0.460 e. The maximum Gasteiger partial charge on any atom is 0.460 e. The van der Waals surface area contributed by atoms with Crippen molar-refractivity contribution >= 4 is 16.7 Å². The van der Waals surface area contributed by atoms with Gasteiger partial charge in [-0.1, -0.05) is 0 Å². The Morgan fingerprint density at radius 3 is 1.04 bits per heavy atom. The third-order valence-electron chi connectivity index (χ3n) is 2.69. The number of carbonyl (C=O) groups excluding carboxylic acids is 1. The Hall–Kier alpha value is -0.680. The second-order valence-corrected chi connectivity index (χ2v) is 8.67. The third kappa shape index (κ3) is 7.22. The highest BCUT2D eigenvalue weighted by Gasteiger charge is 2.82. The highest BCUT2D eigenvalue weighted by atomic mass is 32.2. The maximum atomic E-state index is 11.6.